The van der Waals surface area contributed by atoms with Gasteiger partial charge >= 0.3 is 0 Å². The SMILES string of the molecule is COC(C)(C)C(=O)N(CCC(C)C)CCC(C)C. The highest BCUT2D eigenvalue weighted by Crippen LogP contribution is 2.15. The Balaban J connectivity index is 4.58. The summed E-state index contributed by atoms with van der Waals surface area (Å²) in [6.07, 6.45) is 2.09. The van der Waals surface area contributed by atoms with Crippen LogP contribution in [0.4, 0.5) is 0 Å². The number of methoxy groups -OCH3 is 1. The Morgan fingerprint density at radius 3 is 1.72 bits per heavy atom. The number of carbonyl (C=O) groups excluding carboxylic acids is 1. The summed E-state index contributed by atoms with van der Waals surface area (Å²) in [4.78, 5) is 14.4. The lowest BCUT2D eigenvalue weighted by Gasteiger charge is -2.32. The molecule has 0 heterocycles. The number of hydrogen-bond acceptors (Lipinski definition) is 2. The highest BCUT2D eigenvalue weighted by molar-refractivity contribution is 5.84. The van der Waals surface area contributed by atoms with Gasteiger partial charge in [0.1, 0.15) is 5.60 Å². The maximum atomic E-state index is 12.4. The van der Waals surface area contributed by atoms with Crippen molar-refractivity contribution in [2.45, 2.75) is 60.0 Å². The molecule has 0 saturated carbocycles. The van der Waals surface area contributed by atoms with Gasteiger partial charge in [0.15, 0.2) is 0 Å². The largest absolute Gasteiger partial charge is 0.369 e. The zero-order valence-electron chi connectivity index (χ0n) is 13.2. The quantitative estimate of drug-likeness (QED) is 0.667. The molecular formula is C15H31NO2. The number of amides is 1. The highest BCUT2D eigenvalue weighted by atomic mass is 16.5. The van der Waals surface area contributed by atoms with Crippen molar-refractivity contribution in [2.75, 3.05) is 20.2 Å². The van der Waals surface area contributed by atoms with Crippen LogP contribution in [-0.4, -0.2) is 36.6 Å². The molecule has 0 N–H and O–H groups in total. The van der Waals surface area contributed by atoms with E-state index in [0.717, 1.165) is 25.9 Å². The van der Waals surface area contributed by atoms with Crippen molar-refractivity contribution in [3.05, 3.63) is 0 Å². The van der Waals surface area contributed by atoms with Gasteiger partial charge in [0, 0.05) is 20.2 Å². The summed E-state index contributed by atoms with van der Waals surface area (Å²) in [6, 6.07) is 0. The monoisotopic (exact) mass is 257 g/mol. The van der Waals surface area contributed by atoms with Crippen LogP contribution in [0.5, 0.6) is 0 Å². The van der Waals surface area contributed by atoms with Crippen molar-refractivity contribution in [3.8, 4) is 0 Å². The minimum absolute atomic E-state index is 0.103. The first-order valence-electron chi connectivity index (χ1n) is 7.05. The van der Waals surface area contributed by atoms with Crippen molar-refractivity contribution in [2.24, 2.45) is 11.8 Å². The van der Waals surface area contributed by atoms with Crippen molar-refractivity contribution >= 4 is 5.91 Å². The second-order valence-electron chi connectivity index (χ2n) is 6.37. The Labute approximate surface area is 113 Å². The number of nitrogens with zero attached hydrogens (tertiary/aromatic N) is 1. The van der Waals surface area contributed by atoms with Crippen molar-refractivity contribution in [1.82, 2.24) is 4.90 Å². The molecule has 0 atom stereocenters. The number of carbonyl (C=O) groups is 1. The van der Waals surface area contributed by atoms with E-state index in [1.165, 1.54) is 0 Å². The summed E-state index contributed by atoms with van der Waals surface area (Å²) >= 11 is 0. The lowest BCUT2D eigenvalue weighted by molar-refractivity contribution is -0.151. The first-order chi connectivity index (χ1) is 8.20. The zero-order chi connectivity index (χ0) is 14.3. The fourth-order valence-electron chi connectivity index (χ4n) is 1.61. The van der Waals surface area contributed by atoms with Gasteiger partial charge in [-0.25, -0.2) is 0 Å². The molecule has 18 heavy (non-hydrogen) atoms. The van der Waals surface area contributed by atoms with Crippen LogP contribution in [0.15, 0.2) is 0 Å². The van der Waals surface area contributed by atoms with Crippen LogP contribution in [-0.2, 0) is 9.53 Å². The van der Waals surface area contributed by atoms with Crippen molar-refractivity contribution in [1.29, 1.82) is 0 Å². The van der Waals surface area contributed by atoms with E-state index < -0.39 is 5.60 Å². The van der Waals surface area contributed by atoms with Crippen LogP contribution < -0.4 is 0 Å². The van der Waals surface area contributed by atoms with E-state index in [9.17, 15) is 4.79 Å². The van der Waals surface area contributed by atoms with Gasteiger partial charge in [-0.15, -0.1) is 0 Å². The number of rotatable bonds is 8. The third kappa shape index (κ3) is 6.39. The molecular weight excluding hydrogens is 226 g/mol. The first-order valence-corrected chi connectivity index (χ1v) is 7.05. The van der Waals surface area contributed by atoms with Crippen LogP contribution in [0.1, 0.15) is 54.4 Å². The molecule has 0 saturated heterocycles. The molecule has 0 unspecified atom stereocenters. The maximum absolute atomic E-state index is 12.4. The van der Waals surface area contributed by atoms with E-state index in [1.54, 1.807) is 7.11 Å². The minimum Gasteiger partial charge on any atom is -0.369 e. The predicted octanol–water partition coefficient (Wildman–Crippen LogP) is 3.33. The summed E-state index contributed by atoms with van der Waals surface area (Å²) in [5.74, 6) is 1.33. The van der Waals surface area contributed by atoms with Gasteiger partial charge in [0.2, 0.25) is 0 Å². The smallest absolute Gasteiger partial charge is 0.254 e. The maximum Gasteiger partial charge on any atom is 0.254 e. The molecule has 0 bridgehead atoms. The zero-order valence-corrected chi connectivity index (χ0v) is 13.2. The van der Waals surface area contributed by atoms with E-state index in [2.05, 4.69) is 27.7 Å². The third-order valence-electron chi connectivity index (χ3n) is 3.27. The fraction of sp³-hybridized carbons (Fsp3) is 0.933. The van der Waals surface area contributed by atoms with Gasteiger partial charge in [-0.2, -0.15) is 0 Å². The Morgan fingerprint density at radius 1 is 1.06 bits per heavy atom. The Kier molecular flexibility index (Phi) is 7.53. The lowest BCUT2D eigenvalue weighted by Crippen LogP contribution is -2.47. The second kappa shape index (κ2) is 7.78. The summed E-state index contributed by atoms with van der Waals surface area (Å²) in [5.41, 5.74) is -0.714. The number of ether oxygens (including phenoxy) is 1. The number of hydrogen-bond donors (Lipinski definition) is 0. The predicted molar refractivity (Wildman–Crippen MR) is 76.6 cm³/mol. The van der Waals surface area contributed by atoms with Crippen LogP contribution in [0, 0.1) is 11.8 Å². The third-order valence-corrected chi connectivity index (χ3v) is 3.27. The molecule has 3 heteroatoms. The summed E-state index contributed by atoms with van der Waals surface area (Å²) < 4.78 is 5.30. The van der Waals surface area contributed by atoms with Crippen molar-refractivity contribution in [3.63, 3.8) is 0 Å². The Hall–Kier alpha value is -0.570. The van der Waals surface area contributed by atoms with Gasteiger partial charge in [0.05, 0.1) is 0 Å². The standard InChI is InChI=1S/C15H31NO2/c1-12(2)8-10-16(11-9-13(3)4)14(17)15(5,6)18-7/h12-13H,8-11H2,1-7H3. The van der Waals surface area contributed by atoms with Gasteiger partial charge in [0.25, 0.3) is 5.91 Å². The molecule has 3 nitrogen and oxygen atoms in total. The van der Waals surface area contributed by atoms with Crippen molar-refractivity contribution < 1.29 is 9.53 Å². The molecule has 0 aliphatic heterocycles. The van der Waals surface area contributed by atoms with Gasteiger partial charge in [-0.05, 0) is 38.5 Å². The molecule has 108 valence electrons. The van der Waals surface area contributed by atoms with Crippen LogP contribution in [0.2, 0.25) is 0 Å². The molecule has 0 fully saturated rings. The average molecular weight is 257 g/mol. The molecule has 0 aromatic heterocycles. The summed E-state index contributed by atoms with van der Waals surface area (Å²) in [6.45, 7) is 14.1. The summed E-state index contributed by atoms with van der Waals surface area (Å²) in [5, 5.41) is 0. The molecule has 0 rings (SSSR count). The molecule has 0 aromatic rings. The van der Waals surface area contributed by atoms with E-state index >= 15 is 0 Å². The van der Waals surface area contributed by atoms with Gasteiger partial charge in [-0.3, -0.25) is 4.79 Å². The van der Waals surface area contributed by atoms with E-state index in [1.807, 2.05) is 18.7 Å². The normalized spacial score (nSPS) is 12.3. The topological polar surface area (TPSA) is 29.5 Å². The molecule has 1 amide bonds. The molecule has 0 aliphatic carbocycles. The molecule has 0 aromatic carbocycles. The highest BCUT2D eigenvalue weighted by Gasteiger charge is 2.31. The van der Waals surface area contributed by atoms with Crippen LogP contribution in [0.3, 0.4) is 0 Å². The van der Waals surface area contributed by atoms with Gasteiger partial charge in [-0.1, -0.05) is 27.7 Å². The molecule has 0 aliphatic rings. The molecule has 0 spiro atoms. The van der Waals surface area contributed by atoms with E-state index in [4.69, 9.17) is 4.74 Å². The second-order valence-corrected chi connectivity index (χ2v) is 6.37. The fourth-order valence-corrected chi connectivity index (χ4v) is 1.61. The Bertz CT molecular complexity index is 235. The Morgan fingerprint density at radius 2 is 1.44 bits per heavy atom. The first kappa shape index (κ1) is 17.4. The van der Waals surface area contributed by atoms with E-state index in [0.29, 0.717) is 11.8 Å². The van der Waals surface area contributed by atoms with E-state index in [-0.39, 0.29) is 5.91 Å². The molecule has 0 radical (unpaired) electrons. The van der Waals surface area contributed by atoms with Crippen LogP contribution in [0.25, 0.3) is 0 Å². The van der Waals surface area contributed by atoms with Crippen LogP contribution >= 0.6 is 0 Å². The van der Waals surface area contributed by atoms with Gasteiger partial charge < -0.3 is 9.64 Å². The lowest BCUT2D eigenvalue weighted by atomic mass is 10.0. The summed E-state index contributed by atoms with van der Waals surface area (Å²) in [7, 11) is 1.60. The average Bonchev–Trinajstić information content (AvgIpc) is 2.27. The minimum atomic E-state index is -0.714.